The molecule has 0 fully saturated rings. The second-order valence-electron chi connectivity index (χ2n) is 7.25. The van der Waals surface area contributed by atoms with Crippen molar-refractivity contribution in [1.82, 2.24) is 14.6 Å². The molecular formula is C23H15ClFN5O5. The van der Waals surface area contributed by atoms with Crippen molar-refractivity contribution in [3.63, 3.8) is 0 Å². The number of nitrogens with zero attached hydrogens (tertiary/aromatic N) is 4. The van der Waals surface area contributed by atoms with Crippen LogP contribution in [0.25, 0.3) is 5.65 Å². The summed E-state index contributed by atoms with van der Waals surface area (Å²) in [7, 11) is 0. The van der Waals surface area contributed by atoms with E-state index in [2.05, 4.69) is 15.5 Å². The van der Waals surface area contributed by atoms with Gasteiger partial charge in [-0.3, -0.25) is 14.9 Å². The number of anilines is 2. The highest BCUT2D eigenvalue weighted by Gasteiger charge is 2.39. The van der Waals surface area contributed by atoms with E-state index in [-0.39, 0.29) is 51.7 Å². The van der Waals surface area contributed by atoms with Gasteiger partial charge in [0.1, 0.15) is 11.5 Å². The van der Waals surface area contributed by atoms with Gasteiger partial charge in [0.15, 0.2) is 11.4 Å². The first-order chi connectivity index (χ1) is 16.9. The van der Waals surface area contributed by atoms with Gasteiger partial charge in [0.2, 0.25) is 11.8 Å². The summed E-state index contributed by atoms with van der Waals surface area (Å²) in [6.45, 7) is 1.73. The number of nitrogens with one attached hydrogen (secondary N) is 1. The largest absolute Gasteiger partial charge is 0.450 e. The lowest BCUT2D eigenvalue weighted by Crippen LogP contribution is -2.30. The minimum absolute atomic E-state index is 0.00395. The highest BCUT2D eigenvalue weighted by molar-refractivity contribution is 6.35. The van der Waals surface area contributed by atoms with E-state index >= 15 is 0 Å². The number of imide groups is 1. The SMILES string of the molecule is CCOC(=O)Nc1nnc2ccc(N3C(=O)c4ccccc4C3=O)c(Oc3cc(F)ccc3Cl)n12. The molecule has 12 heteroatoms. The third-order valence-electron chi connectivity index (χ3n) is 5.12. The highest BCUT2D eigenvalue weighted by Crippen LogP contribution is 2.40. The lowest BCUT2D eigenvalue weighted by atomic mass is 10.1. The monoisotopic (exact) mass is 495 g/mol. The third-order valence-corrected chi connectivity index (χ3v) is 5.44. The fourth-order valence-electron chi connectivity index (χ4n) is 3.62. The zero-order valence-electron chi connectivity index (χ0n) is 18.0. The molecule has 0 radical (unpaired) electrons. The van der Waals surface area contributed by atoms with Gasteiger partial charge in [-0.1, -0.05) is 23.7 Å². The number of ether oxygens (including phenoxy) is 2. The minimum Gasteiger partial charge on any atom is -0.450 e. The summed E-state index contributed by atoms with van der Waals surface area (Å²) in [6, 6.07) is 12.7. The molecule has 1 N–H and O–H groups in total. The Morgan fingerprint density at radius 3 is 2.46 bits per heavy atom. The Morgan fingerprint density at radius 1 is 1.06 bits per heavy atom. The van der Waals surface area contributed by atoms with Crippen molar-refractivity contribution in [2.75, 3.05) is 16.8 Å². The van der Waals surface area contributed by atoms with Crippen LogP contribution in [0.4, 0.5) is 20.8 Å². The van der Waals surface area contributed by atoms with Crippen LogP contribution in [0, 0.1) is 5.82 Å². The Labute approximate surface area is 201 Å². The molecule has 0 atom stereocenters. The molecule has 0 spiro atoms. The van der Waals surface area contributed by atoms with E-state index in [4.69, 9.17) is 21.1 Å². The van der Waals surface area contributed by atoms with Gasteiger partial charge in [0.25, 0.3) is 11.8 Å². The fourth-order valence-corrected chi connectivity index (χ4v) is 3.78. The molecule has 0 bridgehead atoms. The zero-order chi connectivity index (χ0) is 24.7. The van der Waals surface area contributed by atoms with Gasteiger partial charge >= 0.3 is 6.09 Å². The minimum atomic E-state index is -0.817. The first-order valence-corrected chi connectivity index (χ1v) is 10.7. The second-order valence-corrected chi connectivity index (χ2v) is 7.66. The van der Waals surface area contributed by atoms with Crippen molar-refractivity contribution in [3.05, 3.63) is 76.6 Å². The van der Waals surface area contributed by atoms with Gasteiger partial charge in [0, 0.05) is 6.07 Å². The van der Waals surface area contributed by atoms with E-state index in [0.29, 0.717) is 0 Å². The van der Waals surface area contributed by atoms with Crippen LogP contribution in [0.2, 0.25) is 5.02 Å². The third kappa shape index (κ3) is 3.81. The molecule has 0 saturated carbocycles. The van der Waals surface area contributed by atoms with Crippen LogP contribution in [0.5, 0.6) is 11.6 Å². The zero-order valence-corrected chi connectivity index (χ0v) is 18.7. The normalized spacial score (nSPS) is 12.7. The first kappa shape index (κ1) is 22.3. The number of carbonyl (C=O) groups excluding carboxylic acids is 3. The number of fused-ring (bicyclic) bond motifs is 2. The number of hydrogen-bond acceptors (Lipinski definition) is 7. The summed E-state index contributed by atoms with van der Waals surface area (Å²) in [4.78, 5) is 39.4. The summed E-state index contributed by atoms with van der Waals surface area (Å²) < 4.78 is 26.1. The average molecular weight is 496 g/mol. The maximum absolute atomic E-state index is 14.0. The van der Waals surface area contributed by atoms with E-state index in [1.807, 2.05) is 0 Å². The van der Waals surface area contributed by atoms with E-state index in [9.17, 15) is 18.8 Å². The van der Waals surface area contributed by atoms with Gasteiger partial charge in [-0.15, -0.1) is 10.2 Å². The molecule has 4 aromatic rings. The molecule has 0 saturated heterocycles. The molecule has 3 amide bonds. The standard InChI is InChI=1S/C23H15ClFN5O5/c1-2-34-23(33)26-22-28-27-18-10-9-16(29-19(31)13-5-3-4-6-14(13)20(29)32)21(30(18)22)35-17-11-12(25)7-8-15(17)24/h3-11H,2H2,1H3,(H,26,28,33). The number of halogens is 2. The van der Waals surface area contributed by atoms with Crippen molar-refractivity contribution in [3.8, 4) is 11.6 Å². The highest BCUT2D eigenvalue weighted by atomic mass is 35.5. The van der Waals surface area contributed by atoms with Crippen LogP contribution in [0.15, 0.2) is 54.6 Å². The molecule has 1 aliphatic rings. The van der Waals surface area contributed by atoms with Gasteiger partial charge in [-0.25, -0.2) is 18.5 Å². The predicted octanol–water partition coefficient (Wildman–Crippen LogP) is 4.68. The summed E-state index contributed by atoms with van der Waals surface area (Å²) >= 11 is 6.21. The molecule has 0 unspecified atom stereocenters. The van der Waals surface area contributed by atoms with Gasteiger partial charge in [-0.05, 0) is 43.3 Å². The molecule has 2 aromatic carbocycles. The maximum Gasteiger partial charge on any atom is 0.414 e. The molecule has 2 aromatic heterocycles. The van der Waals surface area contributed by atoms with E-state index in [1.54, 1.807) is 19.1 Å². The van der Waals surface area contributed by atoms with Crippen LogP contribution in [-0.4, -0.2) is 39.1 Å². The molecule has 176 valence electrons. The summed E-state index contributed by atoms with van der Waals surface area (Å²) in [5.41, 5.74) is 0.609. The summed E-state index contributed by atoms with van der Waals surface area (Å²) in [5, 5.41) is 10.4. The maximum atomic E-state index is 14.0. The Hall–Kier alpha value is -4.51. The first-order valence-electron chi connectivity index (χ1n) is 10.3. The van der Waals surface area contributed by atoms with Crippen LogP contribution in [-0.2, 0) is 4.74 Å². The number of hydrogen-bond donors (Lipinski definition) is 1. The van der Waals surface area contributed by atoms with Crippen molar-refractivity contribution in [2.45, 2.75) is 6.92 Å². The van der Waals surface area contributed by atoms with Gasteiger partial charge < -0.3 is 9.47 Å². The number of aromatic nitrogens is 3. The number of benzene rings is 2. The van der Waals surface area contributed by atoms with Crippen molar-refractivity contribution >= 4 is 46.8 Å². The van der Waals surface area contributed by atoms with Crippen molar-refractivity contribution in [2.24, 2.45) is 0 Å². The van der Waals surface area contributed by atoms with Crippen LogP contribution in [0.1, 0.15) is 27.6 Å². The molecule has 5 rings (SSSR count). The number of carbonyl (C=O) groups is 3. The van der Waals surface area contributed by atoms with Crippen LogP contribution < -0.4 is 15.0 Å². The quantitative estimate of drug-likeness (QED) is 0.399. The summed E-state index contributed by atoms with van der Waals surface area (Å²) in [5.74, 6) is -2.21. The van der Waals surface area contributed by atoms with E-state index in [0.717, 1.165) is 17.0 Å². The van der Waals surface area contributed by atoms with Gasteiger partial charge in [-0.2, -0.15) is 0 Å². The lowest BCUT2D eigenvalue weighted by Gasteiger charge is -2.20. The Balaban J connectivity index is 1.71. The van der Waals surface area contributed by atoms with Crippen molar-refractivity contribution < 1.29 is 28.2 Å². The van der Waals surface area contributed by atoms with Crippen LogP contribution >= 0.6 is 11.6 Å². The molecule has 3 heterocycles. The second kappa shape index (κ2) is 8.69. The van der Waals surface area contributed by atoms with E-state index < -0.39 is 23.7 Å². The van der Waals surface area contributed by atoms with E-state index in [1.165, 1.54) is 34.7 Å². The summed E-state index contributed by atoms with van der Waals surface area (Å²) in [6.07, 6.45) is -0.817. The Kier molecular flexibility index (Phi) is 5.53. The lowest BCUT2D eigenvalue weighted by molar-refractivity contribution is 0.0924. The molecule has 0 aliphatic carbocycles. The fraction of sp³-hybridized carbons (Fsp3) is 0.0870. The Bertz CT molecular complexity index is 1490. The number of pyridine rings is 1. The van der Waals surface area contributed by atoms with Crippen molar-refractivity contribution in [1.29, 1.82) is 0 Å². The molecule has 1 aliphatic heterocycles. The number of amides is 3. The Morgan fingerprint density at radius 2 is 1.77 bits per heavy atom. The topological polar surface area (TPSA) is 115 Å². The predicted molar refractivity (Wildman–Crippen MR) is 123 cm³/mol. The van der Waals surface area contributed by atoms with Crippen LogP contribution in [0.3, 0.4) is 0 Å². The molecule has 35 heavy (non-hydrogen) atoms. The molecular weight excluding hydrogens is 481 g/mol. The van der Waals surface area contributed by atoms with Gasteiger partial charge in [0.05, 0.1) is 22.8 Å². The number of rotatable bonds is 5. The smallest absolute Gasteiger partial charge is 0.414 e. The average Bonchev–Trinajstić information content (AvgIpc) is 3.35. The molecule has 10 nitrogen and oxygen atoms in total.